The Labute approximate surface area is 83.2 Å². The van der Waals surface area contributed by atoms with Gasteiger partial charge in [0.25, 0.3) is 0 Å². The van der Waals surface area contributed by atoms with Crippen molar-refractivity contribution in [1.82, 2.24) is 0 Å². The Bertz CT molecular complexity index is 208. The van der Waals surface area contributed by atoms with E-state index >= 15 is 0 Å². The molecule has 0 saturated heterocycles. The normalized spacial score (nSPS) is 15.3. The molecule has 0 fully saturated rings. The van der Waals surface area contributed by atoms with Gasteiger partial charge in [-0.15, -0.1) is 0 Å². The van der Waals surface area contributed by atoms with Crippen LogP contribution in [0.4, 0.5) is 0 Å². The third-order valence-electron chi connectivity index (χ3n) is 1.76. The maximum absolute atomic E-state index is 10.3. The third-order valence-corrected chi connectivity index (χ3v) is 1.76. The van der Waals surface area contributed by atoms with E-state index in [-0.39, 0.29) is 24.7 Å². The molecule has 0 aromatic rings. The van der Waals surface area contributed by atoms with Crippen LogP contribution in [-0.4, -0.2) is 22.2 Å². The molecule has 0 aliphatic rings. The van der Waals surface area contributed by atoms with Crippen LogP contribution in [0.15, 0.2) is 12.2 Å². The average molecular weight is 200 g/mol. The number of hydrogen-bond donors (Lipinski definition) is 2. The highest BCUT2D eigenvalue weighted by atomic mass is 16.4. The lowest BCUT2D eigenvalue weighted by molar-refractivity contribution is -0.138. The Balaban J connectivity index is 3.90. The summed E-state index contributed by atoms with van der Waals surface area (Å²) in [7, 11) is 0. The molecule has 14 heavy (non-hydrogen) atoms. The molecule has 0 saturated carbocycles. The van der Waals surface area contributed by atoms with Crippen molar-refractivity contribution in [3.63, 3.8) is 0 Å². The molecule has 0 amide bonds. The van der Waals surface area contributed by atoms with Crippen molar-refractivity contribution in [2.45, 2.75) is 26.7 Å². The van der Waals surface area contributed by atoms with E-state index in [4.69, 9.17) is 10.2 Å². The van der Waals surface area contributed by atoms with E-state index < -0.39 is 11.9 Å². The first-order chi connectivity index (χ1) is 6.41. The summed E-state index contributed by atoms with van der Waals surface area (Å²) >= 11 is 0. The maximum Gasteiger partial charge on any atom is 0.303 e. The van der Waals surface area contributed by atoms with E-state index in [0.29, 0.717) is 0 Å². The second-order valence-electron chi connectivity index (χ2n) is 3.54. The fourth-order valence-corrected chi connectivity index (χ4v) is 1.07. The van der Waals surface area contributed by atoms with Gasteiger partial charge in [-0.2, -0.15) is 0 Å². The molecule has 0 spiro atoms. The van der Waals surface area contributed by atoms with Gasteiger partial charge < -0.3 is 10.2 Å². The van der Waals surface area contributed by atoms with Crippen LogP contribution >= 0.6 is 0 Å². The van der Waals surface area contributed by atoms with E-state index in [1.165, 1.54) is 0 Å². The minimum Gasteiger partial charge on any atom is -0.481 e. The van der Waals surface area contributed by atoms with Crippen molar-refractivity contribution >= 4 is 11.9 Å². The fraction of sp³-hybridized carbons (Fsp3) is 0.600. The highest BCUT2D eigenvalue weighted by Crippen LogP contribution is 2.09. The average Bonchev–Trinajstić information content (AvgIpc) is 1.98. The SMILES string of the molecule is CC(/C=C/C(C)CC(=O)O)CC(=O)O. The second-order valence-corrected chi connectivity index (χ2v) is 3.54. The van der Waals surface area contributed by atoms with Crippen molar-refractivity contribution in [3.8, 4) is 0 Å². The Hall–Kier alpha value is -1.32. The van der Waals surface area contributed by atoms with E-state index in [1.54, 1.807) is 26.0 Å². The van der Waals surface area contributed by atoms with E-state index in [2.05, 4.69) is 0 Å². The van der Waals surface area contributed by atoms with Crippen molar-refractivity contribution in [3.05, 3.63) is 12.2 Å². The topological polar surface area (TPSA) is 74.6 Å². The first-order valence-electron chi connectivity index (χ1n) is 4.53. The molecule has 2 N–H and O–H groups in total. The summed E-state index contributed by atoms with van der Waals surface area (Å²) in [4.78, 5) is 20.6. The Morgan fingerprint density at radius 3 is 1.50 bits per heavy atom. The number of allylic oxidation sites excluding steroid dienone is 2. The van der Waals surface area contributed by atoms with Crippen LogP contribution in [0, 0.1) is 11.8 Å². The van der Waals surface area contributed by atoms with Gasteiger partial charge in [-0.1, -0.05) is 26.0 Å². The van der Waals surface area contributed by atoms with Gasteiger partial charge in [0.05, 0.1) is 12.8 Å². The molecule has 80 valence electrons. The molecule has 0 heterocycles. The van der Waals surface area contributed by atoms with Crippen LogP contribution in [0.3, 0.4) is 0 Å². The fourth-order valence-electron chi connectivity index (χ4n) is 1.07. The number of rotatable bonds is 6. The number of carboxylic acid groups (broad SMARTS) is 2. The summed E-state index contributed by atoms with van der Waals surface area (Å²) in [5.41, 5.74) is 0. The minimum atomic E-state index is -0.840. The monoisotopic (exact) mass is 200 g/mol. The van der Waals surface area contributed by atoms with Gasteiger partial charge in [-0.05, 0) is 11.8 Å². The lowest BCUT2D eigenvalue weighted by Crippen LogP contribution is -2.04. The molecular weight excluding hydrogens is 184 g/mol. The van der Waals surface area contributed by atoms with Crippen molar-refractivity contribution in [2.24, 2.45) is 11.8 Å². The molecular formula is C10H16O4. The van der Waals surface area contributed by atoms with Gasteiger partial charge in [-0.3, -0.25) is 9.59 Å². The molecule has 0 aromatic heterocycles. The smallest absolute Gasteiger partial charge is 0.303 e. The van der Waals surface area contributed by atoms with E-state index in [0.717, 1.165) is 0 Å². The number of aliphatic carboxylic acids is 2. The summed E-state index contributed by atoms with van der Waals surface area (Å²) in [6.07, 6.45) is 3.66. The van der Waals surface area contributed by atoms with Crippen LogP contribution in [-0.2, 0) is 9.59 Å². The van der Waals surface area contributed by atoms with Crippen molar-refractivity contribution in [1.29, 1.82) is 0 Å². The van der Waals surface area contributed by atoms with Gasteiger partial charge in [0.1, 0.15) is 0 Å². The second kappa shape index (κ2) is 6.18. The maximum atomic E-state index is 10.3. The van der Waals surface area contributed by atoms with Gasteiger partial charge >= 0.3 is 11.9 Å². The zero-order chi connectivity index (χ0) is 11.1. The van der Waals surface area contributed by atoms with Crippen molar-refractivity contribution < 1.29 is 19.8 Å². The Morgan fingerprint density at radius 1 is 1.00 bits per heavy atom. The number of hydrogen-bond acceptors (Lipinski definition) is 2. The number of carboxylic acids is 2. The molecule has 0 aliphatic heterocycles. The van der Waals surface area contributed by atoms with E-state index in [9.17, 15) is 9.59 Å². The van der Waals surface area contributed by atoms with Crippen LogP contribution in [0.25, 0.3) is 0 Å². The first kappa shape index (κ1) is 12.7. The summed E-state index contributed by atoms with van der Waals surface area (Å²) < 4.78 is 0. The molecule has 4 heteroatoms. The molecule has 2 unspecified atom stereocenters. The molecule has 0 rings (SSSR count). The molecule has 0 radical (unpaired) electrons. The van der Waals surface area contributed by atoms with Crippen LogP contribution in [0.1, 0.15) is 26.7 Å². The standard InChI is InChI=1S/C10H16O4/c1-7(5-9(11)12)3-4-8(2)6-10(13)14/h3-4,7-8H,5-6H2,1-2H3,(H,11,12)(H,13,14)/b4-3+. The van der Waals surface area contributed by atoms with Crippen LogP contribution in [0.2, 0.25) is 0 Å². The first-order valence-corrected chi connectivity index (χ1v) is 4.53. The zero-order valence-electron chi connectivity index (χ0n) is 8.43. The summed E-state index contributed by atoms with van der Waals surface area (Å²) in [6.45, 7) is 3.58. The Morgan fingerprint density at radius 2 is 1.29 bits per heavy atom. The van der Waals surface area contributed by atoms with Crippen molar-refractivity contribution in [2.75, 3.05) is 0 Å². The minimum absolute atomic E-state index is 0.0521. The summed E-state index contributed by atoms with van der Waals surface area (Å²) in [6, 6.07) is 0. The van der Waals surface area contributed by atoms with Gasteiger partial charge in [-0.25, -0.2) is 0 Å². The van der Waals surface area contributed by atoms with Gasteiger partial charge in [0.2, 0.25) is 0 Å². The van der Waals surface area contributed by atoms with Crippen LogP contribution < -0.4 is 0 Å². The lowest BCUT2D eigenvalue weighted by atomic mass is 10.0. The van der Waals surface area contributed by atoms with Gasteiger partial charge in [0, 0.05) is 0 Å². The third kappa shape index (κ3) is 7.34. The number of carbonyl (C=O) groups is 2. The lowest BCUT2D eigenvalue weighted by Gasteiger charge is -2.04. The predicted molar refractivity (Wildman–Crippen MR) is 52.0 cm³/mol. The Kier molecular flexibility index (Phi) is 5.60. The molecule has 4 nitrogen and oxygen atoms in total. The zero-order valence-corrected chi connectivity index (χ0v) is 8.43. The molecule has 2 atom stereocenters. The van der Waals surface area contributed by atoms with Crippen LogP contribution in [0.5, 0.6) is 0 Å². The summed E-state index contributed by atoms with van der Waals surface area (Å²) in [5, 5.41) is 16.9. The highest BCUT2D eigenvalue weighted by molar-refractivity contribution is 5.67. The van der Waals surface area contributed by atoms with Gasteiger partial charge in [0.15, 0.2) is 0 Å². The summed E-state index contributed by atoms with van der Waals surface area (Å²) in [5.74, 6) is -1.78. The molecule has 0 aliphatic carbocycles. The largest absolute Gasteiger partial charge is 0.481 e. The quantitative estimate of drug-likeness (QED) is 0.641. The predicted octanol–water partition coefficient (Wildman–Crippen LogP) is 1.76. The van der Waals surface area contributed by atoms with E-state index in [1.807, 2.05) is 0 Å². The molecule has 0 aromatic carbocycles. The highest BCUT2D eigenvalue weighted by Gasteiger charge is 2.06. The molecule has 0 bridgehead atoms.